The van der Waals surface area contributed by atoms with Gasteiger partial charge in [-0.05, 0) is 24.6 Å². The van der Waals surface area contributed by atoms with Crippen molar-refractivity contribution in [2.24, 2.45) is 5.73 Å². The van der Waals surface area contributed by atoms with E-state index in [2.05, 4.69) is 0 Å². The number of aliphatic hydroxyl groups is 1. The number of hydrogen-bond donors (Lipinski definition) is 3. The van der Waals surface area contributed by atoms with Crippen molar-refractivity contribution >= 4 is 5.69 Å². The zero-order valence-corrected chi connectivity index (χ0v) is 7.12. The van der Waals surface area contributed by atoms with Crippen molar-refractivity contribution in [2.45, 2.75) is 12.5 Å². The maximum absolute atomic E-state index is 8.96. The third-order valence-electron chi connectivity index (χ3n) is 1.90. The highest BCUT2D eigenvalue weighted by Crippen LogP contribution is 2.17. The molecule has 1 atom stereocenters. The van der Waals surface area contributed by atoms with Crippen LogP contribution in [0.1, 0.15) is 12.5 Å². The highest BCUT2D eigenvalue weighted by Gasteiger charge is 2.18. The van der Waals surface area contributed by atoms with Crippen molar-refractivity contribution in [1.82, 2.24) is 0 Å². The molecule has 3 nitrogen and oxygen atoms in total. The topological polar surface area (TPSA) is 72.3 Å². The zero-order chi connectivity index (χ0) is 9.19. The van der Waals surface area contributed by atoms with Gasteiger partial charge in [-0.1, -0.05) is 12.1 Å². The van der Waals surface area contributed by atoms with E-state index < -0.39 is 5.54 Å². The first-order valence-corrected chi connectivity index (χ1v) is 3.82. The minimum atomic E-state index is -0.673. The number of rotatable bonds is 2. The molecule has 0 aliphatic rings. The fourth-order valence-corrected chi connectivity index (χ4v) is 0.955. The van der Waals surface area contributed by atoms with E-state index in [4.69, 9.17) is 16.6 Å². The lowest BCUT2D eigenvalue weighted by Gasteiger charge is -2.22. The highest BCUT2D eigenvalue weighted by molar-refractivity contribution is 5.41. The molecule has 12 heavy (non-hydrogen) atoms. The molecule has 0 bridgehead atoms. The van der Waals surface area contributed by atoms with E-state index >= 15 is 0 Å². The first-order valence-electron chi connectivity index (χ1n) is 3.82. The fraction of sp³-hybridized carbons (Fsp3) is 0.333. The highest BCUT2D eigenvalue weighted by atomic mass is 16.3. The lowest BCUT2D eigenvalue weighted by atomic mass is 9.94. The predicted octanol–water partition coefficient (Wildman–Crippen LogP) is 0.435. The molecule has 0 unspecified atom stereocenters. The number of nitrogen functional groups attached to an aromatic ring is 1. The summed E-state index contributed by atoms with van der Waals surface area (Å²) in [6, 6.07) is 7.20. The SMILES string of the molecule is C[C@](N)(CO)c1ccc(N)cc1. The minimum Gasteiger partial charge on any atom is -0.399 e. The van der Waals surface area contributed by atoms with Gasteiger partial charge < -0.3 is 16.6 Å². The molecule has 0 radical (unpaired) electrons. The van der Waals surface area contributed by atoms with Crippen molar-refractivity contribution in [3.63, 3.8) is 0 Å². The van der Waals surface area contributed by atoms with Crippen LogP contribution in [0.3, 0.4) is 0 Å². The van der Waals surface area contributed by atoms with Gasteiger partial charge in [-0.3, -0.25) is 0 Å². The molecule has 1 aromatic carbocycles. The van der Waals surface area contributed by atoms with Crippen LogP contribution in [0.5, 0.6) is 0 Å². The Balaban J connectivity index is 2.96. The van der Waals surface area contributed by atoms with Gasteiger partial charge >= 0.3 is 0 Å². The van der Waals surface area contributed by atoms with E-state index in [1.54, 1.807) is 19.1 Å². The number of benzene rings is 1. The van der Waals surface area contributed by atoms with Gasteiger partial charge in [0.05, 0.1) is 12.1 Å². The normalized spacial score (nSPS) is 15.6. The van der Waals surface area contributed by atoms with Crippen LogP contribution in [0.25, 0.3) is 0 Å². The molecule has 1 rings (SSSR count). The monoisotopic (exact) mass is 166 g/mol. The summed E-state index contributed by atoms with van der Waals surface area (Å²) < 4.78 is 0. The molecule has 0 amide bonds. The summed E-state index contributed by atoms with van der Waals surface area (Å²) in [7, 11) is 0. The number of hydrogen-bond acceptors (Lipinski definition) is 3. The van der Waals surface area contributed by atoms with Crippen molar-refractivity contribution in [3.8, 4) is 0 Å². The molecule has 0 saturated carbocycles. The lowest BCUT2D eigenvalue weighted by molar-refractivity contribution is 0.210. The lowest BCUT2D eigenvalue weighted by Crippen LogP contribution is -2.36. The Labute approximate surface area is 72.0 Å². The number of nitrogens with two attached hydrogens (primary N) is 2. The number of anilines is 1. The molecule has 0 saturated heterocycles. The molecular formula is C9H14N2O. The Bertz CT molecular complexity index is 254. The standard InChI is InChI=1S/C9H14N2O/c1-9(11,6-12)7-2-4-8(10)5-3-7/h2-5,12H,6,10-11H2,1H3/t9-/m0/s1. The molecule has 3 heteroatoms. The molecule has 66 valence electrons. The van der Waals surface area contributed by atoms with E-state index in [-0.39, 0.29) is 6.61 Å². The van der Waals surface area contributed by atoms with Crippen LogP contribution in [0.4, 0.5) is 5.69 Å². The summed E-state index contributed by atoms with van der Waals surface area (Å²) in [6.45, 7) is 1.70. The van der Waals surface area contributed by atoms with Gasteiger partial charge in [-0.25, -0.2) is 0 Å². The van der Waals surface area contributed by atoms with E-state index in [9.17, 15) is 0 Å². The van der Waals surface area contributed by atoms with Crippen molar-refractivity contribution in [2.75, 3.05) is 12.3 Å². The van der Waals surface area contributed by atoms with Crippen LogP contribution in [-0.4, -0.2) is 11.7 Å². The van der Waals surface area contributed by atoms with Gasteiger partial charge in [0, 0.05) is 5.69 Å². The summed E-state index contributed by atoms with van der Waals surface area (Å²) >= 11 is 0. The van der Waals surface area contributed by atoms with E-state index in [1.165, 1.54) is 0 Å². The second-order valence-electron chi connectivity index (χ2n) is 3.20. The van der Waals surface area contributed by atoms with Crippen LogP contribution in [0.15, 0.2) is 24.3 Å². The predicted molar refractivity (Wildman–Crippen MR) is 49.5 cm³/mol. The summed E-state index contributed by atoms with van der Waals surface area (Å²) in [5, 5.41) is 8.96. The third-order valence-corrected chi connectivity index (χ3v) is 1.90. The second-order valence-corrected chi connectivity index (χ2v) is 3.20. The van der Waals surface area contributed by atoms with Crippen LogP contribution in [-0.2, 0) is 5.54 Å². The Morgan fingerprint density at radius 1 is 1.33 bits per heavy atom. The van der Waals surface area contributed by atoms with E-state index in [1.807, 2.05) is 12.1 Å². The molecule has 0 heterocycles. The molecule has 0 fully saturated rings. The van der Waals surface area contributed by atoms with Crippen LogP contribution >= 0.6 is 0 Å². The molecular weight excluding hydrogens is 152 g/mol. The summed E-state index contributed by atoms with van der Waals surface area (Å²) in [6.07, 6.45) is 0. The van der Waals surface area contributed by atoms with Crippen LogP contribution < -0.4 is 11.5 Å². The summed E-state index contributed by atoms with van der Waals surface area (Å²) in [5.41, 5.74) is 12.2. The molecule has 0 spiro atoms. The largest absolute Gasteiger partial charge is 0.399 e. The quantitative estimate of drug-likeness (QED) is 0.558. The average Bonchev–Trinajstić information content (AvgIpc) is 2.05. The van der Waals surface area contributed by atoms with Crippen molar-refractivity contribution < 1.29 is 5.11 Å². The van der Waals surface area contributed by atoms with Gasteiger partial charge in [0.25, 0.3) is 0 Å². The second kappa shape index (κ2) is 3.13. The zero-order valence-electron chi connectivity index (χ0n) is 7.12. The van der Waals surface area contributed by atoms with E-state index in [0.717, 1.165) is 5.56 Å². The van der Waals surface area contributed by atoms with E-state index in [0.29, 0.717) is 5.69 Å². The molecule has 5 N–H and O–H groups in total. The Morgan fingerprint density at radius 3 is 2.25 bits per heavy atom. The minimum absolute atomic E-state index is 0.0725. The molecule has 0 aliphatic carbocycles. The number of aliphatic hydroxyl groups excluding tert-OH is 1. The van der Waals surface area contributed by atoms with Crippen LogP contribution in [0.2, 0.25) is 0 Å². The summed E-state index contributed by atoms with van der Waals surface area (Å²) in [4.78, 5) is 0. The Kier molecular flexibility index (Phi) is 2.35. The third kappa shape index (κ3) is 1.75. The Hall–Kier alpha value is -1.06. The van der Waals surface area contributed by atoms with Gasteiger partial charge in [-0.15, -0.1) is 0 Å². The molecule has 0 aromatic heterocycles. The van der Waals surface area contributed by atoms with Crippen molar-refractivity contribution in [1.29, 1.82) is 0 Å². The fourth-order valence-electron chi connectivity index (χ4n) is 0.955. The smallest absolute Gasteiger partial charge is 0.0650 e. The summed E-state index contributed by atoms with van der Waals surface area (Å²) in [5.74, 6) is 0. The van der Waals surface area contributed by atoms with Gasteiger partial charge in [-0.2, -0.15) is 0 Å². The maximum Gasteiger partial charge on any atom is 0.0650 e. The first-order chi connectivity index (χ1) is 5.56. The maximum atomic E-state index is 8.96. The Morgan fingerprint density at radius 2 is 1.83 bits per heavy atom. The molecule has 1 aromatic rings. The van der Waals surface area contributed by atoms with Gasteiger partial charge in [0.2, 0.25) is 0 Å². The van der Waals surface area contributed by atoms with Crippen molar-refractivity contribution in [3.05, 3.63) is 29.8 Å². The van der Waals surface area contributed by atoms with Crippen LogP contribution in [0, 0.1) is 0 Å². The average molecular weight is 166 g/mol. The van der Waals surface area contributed by atoms with Gasteiger partial charge in [0.1, 0.15) is 0 Å². The van der Waals surface area contributed by atoms with Gasteiger partial charge in [0.15, 0.2) is 0 Å². The molecule has 0 aliphatic heterocycles. The first kappa shape index (κ1) is 9.03.